The molecule has 1 fully saturated rings. The summed E-state index contributed by atoms with van der Waals surface area (Å²) < 4.78 is 0. The number of rotatable bonds is 3. The number of aryl methyl sites for hydroxylation is 1. The molecule has 1 saturated heterocycles. The fourth-order valence-electron chi connectivity index (χ4n) is 6.94. The summed E-state index contributed by atoms with van der Waals surface area (Å²) in [5.74, 6) is -1.64. The predicted molar refractivity (Wildman–Crippen MR) is 158 cm³/mol. The Bertz CT molecular complexity index is 1740. The lowest BCUT2D eigenvalue weighted by Gasteiger charge is -2.37. The van der Waals surface area contributed by atoms with Crippen molar-refractivity contribution in [3.8, 4) is 0 Å². The van der Waals surface area contributed by atoms with Gasteiger partial charge in [-0.05, 0) is 41.8 Å². The maximum atomic E-state index is 14.7. The minimum Gasteiger partial charge on any atom is -0.352 e. The Morgan fingerprint density at radius 3 is 2.17 bits per heavy atom. The van der Waals surface area contributed by atoms with Crippen LogP contribution in [-0.4, -0.2) is 29.4 Å². The third-order valence-corrected chi connectivity index (χ3v) is 9.15. The lowest BCUT2D eigenvalue weighted by Crippen LogP contribution is -2.48. The van der Waals surface area contributed by atoms with Crippen LogP contribution in [0.25, 0.3) is 6.08 Å². The highest BCUT2D eigenvalue weighted by atomic mass is 35.5. The van der Waals surface area contributed by atoms with E-state index in [0.29, 0.717) is 32.3 Å². The first-order valence-corrected chi connectivity index (χ1v) is 13.9. The Labute approximate surface area is 241 Å². The number of hydrogen-bond donors (Lipinski definition) is 0. The van der Waals surface area contributed by atoms with E-state index in [9.17, 15) is 14.4 Å². The van der Waals surface area contributed by atoms with Gasteiger partial charge < -0.3 is 4.90 Å². The lowest BCUT2D eigenvalue weighted by atomic mass is 9.64. The monoisotopic (exact) mass is 563 g/mol. The number of anilines is 1. The Balaban J connectivity index is 1.58. The fourth-order valence-corrected chi connectivity index (χ4v) is 7.47. The van der Waals surface area contributed by atoms with Crippen LogP contribution in [0.2, 0.25) is 10.0 Å². The van der Waals surface area contributed by atoms with Crippen LogP contribution in [0.15, 0.2) is 97.1 Å². The summed E-state index contributed by atoms with van der Waals surface area (Å²) in [5.41, 5.74) is 2.93. The summed E-state index contributed by atoms with van der Waals surface area (Å²) >= 11 is 13.2. The maximum Gasteiger partial charge on any atom is 0.185 e. The molecule has 0 aromatic heterocycles. The number of fused-ring (bicyclic) bond motifs is 5. The molecule has 1 spiro atoms. The van der Waals surface area contributed by atoms with Crippen molar-refractivity contribution < 1.29 is 14.4 Å². The third kappa shape index (κ3) is 3.30. The van der Waals surface area contributed by atoms with E-state index in [1.807, 2.05) is 60.4 Å². The van der Waals surface area contributed by atoms with Crippen LogP contribution >= 0.6 is 23.2 Å². The molecule has 4 aromatic rings. The Morgan fingerprint density at radius 2 is 1.50 bits per heavy atom. The summed E-state index contributed by atoms with van der Waals surface area (Å²) in [6.07, 6.45) is 3.87. The molecule has 4 nitrogen and oxygen atoms in total. The van der Waals surface area contributed by atoms with E-state index in [0.717, 1.165) is 16.8 Å². The molecule has 0 radical (unpaired) electrons. The minimum absolute atomic E-state index is 0.183. The Kier molecular flexibility index (Phi) is 5.64. The molecule has 2 heterocycles. The van der Waals surface area contributed by atoms with E-state index in [-0.39, 0.29) is 17.3 Å². The molecule has 1 aliphatic carbocycles. The van der Waals surface area contributed by atoms with Gasteiger partial charge in [0.2, 0.25) is 0 Å². The largest absolute Gasteiger partial charge is 0.352 e. The zero-order chi connectivity index (χ0) is 27.8. The lowest BCUT2D eigenvalue weighted by molar-refractivity contribution is 0.0666. The highest BCUT2D eigenvalue weighted by Gasteiger charge is 2.71. The SMILES string of the molecule is Cc1ccc2c(c1)N1[C@@H](C(=O)c3ccccc3)[C@H](c3ccc(Cl)cc3Cl)C3(C(=O)c4ccccc4C3=O)[C@H]1C=C2. The van der Waals surface area contributed by atoms with E-state index in [2.05, 4.69) is 0 Å². The van der Waals surface area contributed by atoms with Crippen LogP contribution in [0.4, 0.5) is 5.69 Å². The summed E-state index contributed by atoms with van der Waals surface area (Å²) in [6.45, 7) is 1.99. The van der Waals surface area contributed by atoms with Crippen molar-refractivity contribution in [3.63, 3.8) is 0 Å². The topological polar surface area (TPSA) is 54.5 Å². The minimum atomic E-state index is -1.60. The van der Waals surface area contributed by atoms with E-state index < -0.39 is 23.4 Å². The van der Waals surface area contributed by atoms with Gasteiger partial charge in [0.25, 0.3) is 0 Å². The van der Waals surface area contributed by atoms with Crippen molar-refractivity contribution in [1.82, 2.24) is 0 Å². The molecule has 3 atom stereocenters. The molecule has 7 rings (SSSR count). The molecule has 3 aliphatic rings. The molecule has 40 heavy (non-hydrogen) atoms. The molecule has 196 valence electrons. The van der Waals surface area contributed by atoms with Gasteiger partial charge in [-0.1, -0.05) is 108 Å². The summed E-state index contributed by atoms with van der Waals surface area (Å²) in [5, 5.41) is 0.741. The number of halogens is 2. The van der Waals surface area contributed by atoms with Gasteiger partial charge in [0.1, 0.15) is 11.5 Å². The quantitative estimate of drug-likeness (QED) is 0.190. The van der Waals surface area contributed by atoms with Gasteiger partial charge in [-0.2, -0.15) is 0 Å². The first-order chi connectivity index (χ1) is 19.3. The van der Waals surface area contributed by atoms with E-state index in [1.54, 1.807) is 54.6 Å². The molecule has 0 amide bonds. The molecular weight excluding hydrogens is 541 g/mol. The Morgan fingerprint density at radius 1 is 0.825 bits per heavy atom. The highest BCUT2D eigenvalue weighted by Crippen LogP contribution is 2.61. The van der Waals surface area contributed by atoms with Crippen LogP contribution in [0.3, 0.4) is 0 Å². The fraction of sp³-hybridized carbons (Fsp3) is 0.147. The third-order valence-electron chi connectivity index (χ3n) is 8.59. The van der Waals surface area contributed by atoms with Crippen molar-refractivity contribution in [1.29, 1.82) is 0 Å². The average molecular weight is 564 g/mol. The normalized spacial score (nSPS) is 21.9. The number of ketones is 3. The molecule has 6 heteroatoms. The van der Waals surface area contributed by atoms with Gasteiger partial charge in [0, 0.05) is 38.3 Å². The molecule has 2 aliphatic heterocycles. The highest BCUT2D eigenvalue weighted by molar-refractivity contribution is 6.36. The maximum absolute atomic E-state index is 14.7. The number of Topliss-reactive ketones (excluding diaryl/α,β-unsaturated/α-hetero) is 3. The first kappa shape index (κ1) is 25.0. The van der Waals surface area contributed by atoms with Crippen LogP contribution in [0.5, 0.6) is 0 Å². The van der Waals surface area contributed by atoms with Gasteiger partial charge >= 0.3 is 0 Å². The van der Waals surface area contributed by atoms with E-state index in [1.165, 1.54) is 0 Å². The first-order valence-electron chi connectivity index (χ1n) is 13.1. The van der Waals surface area contributed by atoms with Crippen LogP contribution in [-0.2, 0) is 0 Å². The van der Waals surface area contributed by atoms with Gasteiger partial charge in [0.15, 0.2) is 17.3 Å². The van der Waals surface area contributed by atoms with Gasteiger partial charge in [0.05, 0.1) is 6.04 Å². The molecule has 0 N–H and O–H groups in total. The van der Waals surface area contributed by atoms with Crippen LogP contribution in [0.1, 0.15) is 53.7 Å². The molecule has 0 unspecified atom stereocenters. The number of nitrogens with zero attached hydrogens (tertiary/aromatic N) is 1. The number of benzene rings is 4. The zero-order valence-corrected chi connectivity index (χ0v) is 23.0. The van der Waals surface area contributed by atoms with Gasteiger partial charge in [-0.25, -0.2) is 0 Å². The van der Waals surface area contributed by atoms with Crippen molar-refractivity contribution in [2.45, 2.75) is 24.9 Å². The summed E-state index contributed by atoms with van der Waals surface area (Å²) in [4.78, 5) is 46.0. The van der Waals surface area contributed by atoms with Gasteiger partial charge in [-0.3, -0.25) is 14.4 Å². The molecule has 0 bridgehead atoms. The summed E-state index contributed by atoms with van der Waals surface area (Å²) in [6, 6.07) is 25.5. The van der Waals surface area contributed by atoms with Crippen LogP contribution < -0.4 is 4.90 Å². The van der Waals surface area contributed by atoms with Crippen molar-refractivity contribution in [3.05, 3.63) is 140 Å². The van der Waals surface area contributed by atoms with Crippen molar-refractivity contribution in [2.24, 2.45) is 5.41 Å². The second-order valence-corrected chi connectivity index (χ2v) is 11.5. The number of carbonyl (C=O) groups excluding carboxylic acids is 3. The van der Waals surface area contributed by atoms with E-state index in [4.69, 9.17) is 23.2 Å². The van der Waals surface area contributed by atoms with Gasteiger partial charge in [-0.15, -0.1) is 0 Å². The van der Waals surface area contributed by atoms with Crippen molar-refractivity contribution >= 4 is 52.3 Å². The molecular formula is C34H23Cl2NO3. The molecule has 0 saturated carbocycles. The second-order valence-electron chi connectivity index (χ2n) is 10.7. The summed E-state index contributed by atoms with van der Waals surface area (Å²) in [7, 11) is 0. The van der Waals surface area contributed by atoms with Crippen LogP contribution in [0, 0.1) is 12.3 Å². The standard InChI is InChI=1S/C34H23Cl2NO3/c1-19-11-12-20-13-16-28-34(32(39)23-9-5-6-10-24(23)33(34)40)29(25-15-14-22(35)18-26(25)36)30(37(28)27(20)17-19)31(38)21-7-3-2-4-8-21/h2-18,28-30H,1H3/t28-,29+,30-/m1/s1. The number of hydrogen-bond acceptors (Lipinski definition) is 4. The second kappa shape index (κ2) is 9.02. The number of carbonyl (C=O) groups is 3. The Hall–Kier alpha value is -3.99. The zero-order valence-electron chi connectivity index (χ0n) is 21.5. The van der Waals surface area contributed by atoms with E-state index >= 15 is 0 Å². The predicted octanol–water partition coefficient (Wildman–Crippen LogP) is 7.62. The van der Waals surface area contributed by atoms with Crippen molar-refractivity contribution in [2.75, 3.05) is 4.90 Å². The smallest absolute Gasteiger partial charge is 0.185 e. The average Bonchev–Trinajstić information content (AvgIpc) is 3.39. The molecule has 4 aromatic carbocycles.